The molecule has 4 N–H and O–H groups in total. The fourth-order valence-corrected chi connectivity index (χ4v) is 4.25. The minimum absolute atomic E-state index is 0.0172. The van der Waals surface area contributed by atoms with Gasteiger partial charge in [0.25, 0.3) is 11.8 Å². The van der Waals surface area contributed by atoms with Gasteiger partial charge in [-0.25, -0.2) is 4.98 Å². The Balaban J connectivity index is 1.56. The van der Waals surface area contributed by atoms with E-state index in [2.05, 4.69) is 15.3 Å². The number of nitrogens with one attached hydrogen (secondary N) is 2. The predicted molar refractivity (Wildman–Crippen MR) is 114 cm³/mol. The van der Waals surface area contributed by atoms with Crippen LogP contribution in [0.2, 0.25) is 0 Å². The Morgan fingerprint density at radius 3 is 2.73 bits per heavy atom. The number of nitrogens with two attached hydrogens (primary N) is 1. The monoisotopic (exact) mass is 423 g/mol. The van der Waals surface area contributed by atoms with E-state index in [1.807, 2.05) is 30.3 Å². The number of H-pyrrole nitrogens is 1. The van der Waals surface area contributed by atoms with Crippen molar-refractivity contribution in [2.45, 2.75) is 25.3 Å². The molecule has 154 valence electrons. The van der Waals surface area contributed by atoms with Gasteiger partial charge in [-0.05, 0) is 24.5 Å². The van der Waals surface area contributed by atoms with E-state index in [0.29, 0.717) is 29.4 Å². The summed E-state index contributed by atoms with van der Waals surface area (Å²) in [6, 6.07) is 10.2. The summed E-state index contributed by atoms with van der Waals surface area (Å²) in [6.45, 7) is 0.550. The number of aromatic nitrogens is 2. The third-order valence-electron chi connectivity index (χ3n) is 5.01. The molecule has 4 rings (SSSR count). The second-order valence-corrected chi connectivity index (χ2v) is 7.91. The smallest absolute Gasteiger partial charge is 0.265 e. The maximum atomic E-state index is 13.2. The number of carbonyl (C=O) groups excluding carboxylic acids is 3. The number of hydrogen-bond donors (Lipinski definition) is 3. The third-order valence-corrected chi connectivity index (χ3v) is 5.77. The Labute approximate surface area is 177 Å². The average Bonchev–Trinajstić information content (AvgIpc) is 3.40. The molecule has 1 atom stereocenters. The van der Waals surface area contributed by atoms with Gasteiger partial charge in [-0.3, -0.25) is 19.7 Å². The molecule has 1 unspecified atom stereocenters. The standard InChI is InChI=1S/C21H21N5O3S/c22-19(28)15-10-14(11-23-15)16-12-30-21(24-16)25-20(29)18(13-6-2-1-3-7-13)26-9-5-4-8-17(26)27/h1-3,6-7,10-12,18,23H,4-5,8-9H2,(H2,22,28)(H,24,25,29). The first kappa shape index (κ1) is 19.8. The van der Waals surface area contributed by atoms with Crippen LogP contribution in [0.1, 0.15) is 41.4 Å². The SMILES string of the molecule is NC(=O)c1cc(-c2csc(NC(=O)C(c3ccccc3)N3CCCCC3=O)n2)c[nH]1. The first-order valence-corrected chi connectivity index (χ1v) is 10.5. The van der Waals surface area contributed by atoms with Crippen molar-refractivity contribution in [2.24, 2.45) is 5.73 Å². The summed E-state index contributed by atoms with van der Waals surface area (Å²) in [5.41, 5.74) is 7.64. The van der Waals surface area contributed by atoms with Crippen LogP contribution in [0.15, 0.2) is 48.0 Å². The van der Waals surface area contributed by atoms with Crippen molar-refractivity contribution in [3.8, 4) is 11.3 Å². The van der Waals surface area contributed by atoms with Crippen LogP contribution in [0.25, 0.3) is 11.3 Å². The van der Waals surface area contributed by atoms with Crippen molar-refractivity contribution < 1.29 is 14.4 Å². The van der Waals surface area contributed by atoms with Crippen molar-refractivity contribution in [1.82, 2.24) is 14.9 Å². The molecule has 1 aromatic carbocycles. The number of rotatable bonds is 6. The highest BCUT2D eigenvalue weighted by Crippen LogP contribution is 2.29. The molecule has 0 spiro atoms. The highest BCUT2D eigenvalue weighted by atomic mass is 32.1. The number of primary amides is 1. The maximum absolute atomic E-state index is 13.2. The lowest BCUT2D eigenvalue weighted by Gasteiger charge is -2.33. The summed E-state index contributed by atoms with van der Waals surface area (Å²) in [5, 5.41) is 5.05. The average molecular weight is 423 g/mol. The third kappa shape index (κ3) is 4.11. The number of benzene rings is 1. The number of aromatic amines is 1. The van der Waals surface area contributed by atoms with Crippen LogP contribution in [0.3, 0.4) is 0 Å². The Morgan fingerprint density at radius 1 is 1.23 bits per heavy atom. The second-order valence-electron chi connectivity index (χ2n) is 7.05. The van der Waals surface area contributed by atoms with Crippen LogP contribution < -0.4 is 11.1 Å². The number of nitrogens with zero attached hydrogens (tertiary/aromatic N) is 2. The molecule has 8 nitrogen and oxygen atoms in total. The fraction of sp³-hybridized carbons (Fsp3) is 0.238. The molecule has 2 aromatic heterocycles. The van der Waals surface area contributed by atoms with Gasteiger partial charge in [-0.1, -0.05) is 30.3 Å². The van der Waals surface area contributed by atoms with Crippen molar-refractivity contribution in [2.75, 3.05) is 11.9 Å². The largest absolute Gasteiger partial charge is 0.364 e. The molecule has 0 saturated carbocycles. The molecule has 30 heavy (non-hydrogen) atoms. The van der Waals surface area contributed by atoms with Crippen molar-refractivity contribution in [3.05, 3.63) is 59.2 Å². The number of amides is 3. The lowest BCUT2D eigenvalue weighted by atomic mass is 10.0. The molecule has 9 heteroatoms. The highest BCUT2D eigenvalue weighted by molar-refractivity contribution is 7.14. The molecule has 1 aliphatic heterocycles. The Kier molecular flexibility index (Phi) is 5.62. The van der Waals surface area contributed by atoms with Gasteiger partial charge >= 0.3 is 0 Å². The minimum Gasteiger partial charge on any atom is -0.364 e. The molecule has 3 aromatic rings. The summed E-state index contributed by atoms with van der Waals surface area (Å²) in [6.07, 6.45) is 3.81. The van der Waals surface area contributed by atoms with Gasteiger partial charge in [0.1, 0.15) is 11.7 Å². The number of likely N-dealkylation sites (tertiary alicyclic amines) is 1. The molecule has 3 amide bonds. The van der Waals surface area contributed by atoms with E-state index < -0.39 is 11.9 Å². The predicted octanol–water partition coefficient (Wildman–Crippen LogP) is 2.93. The van der Waals surface area contributed by atoms with Crippen molar-refractivity contribution in [1.29, 1.82) is 0 Å². The molecule has 1 aliphatic rings. The van der Waals surface area contributed by atoms with E-state index in [-0.39, 0.29) is 17.5 Å². The molecule has 0 bridgehead atoms. The van der Waals surface area contributed by atoms with E-state index >= 15 is 0 Å². The number of thiazole rings is 1. The summed E-state index contributed by atoms with van der Waals surface area (Å²) in [5.74, 6) is -0.873. The minimum atomic E-state index is -0.708. The van der Waals surface area contributed by atoms with Crippen LogP contribution in [-0.2, 0) is 9.59 Å². The summed E-state index contributed by atoms with van der Waals surface area (Å²) in [7, 11) is 0. The Hall–Kier alpha value is -3.46. The lowest BCUT2D eigenvalue weighted by molar-refractivity contribution is -0.141. The van der Waals surface area contributed by atoms with Gasteiger partial charge in [-0.2, -0.15) is 0 Å². The van der Waals surface area contributed by atoms with E-state index in [0.717, 1.165) is 18.4 Å². The number of piperidine rings is 1. The van der Waals surface area contributed by atoms with E-state index in [4.69, 9.17) is 5.73 Å². The quantitative estimate of drug-likeness (QED) is 0.564. The molecular formula is C21H21N5O3S. The molecule has 0 radical (unpaired) electrons. The fourth-order valence-electron chi connectivity index (χ4n) is 3.53. The van der Waals surface area contributed by atoms with Gasteiger partial charge in [-0.15, -0.1) is 11.3 Å². The van der Waals surface area contributed by atoms with Crippen LogP contribution in [0, 0.1) is 0 Å². The summed E-state index contributed by atoms with van der Waals surface area (Å²) >= 11 is 1.27. The van der Waals surface area contributed by atoms with Crippen LogP contribution >= 0.6 is 11.3 Å². The first-order valence-electron chi connectivity index (χ1n) is 9.62. The molecule has 1 saturated heterocycles. The normalized spacial score (nSPS) is 15.1. The number of carbonyl (C=O) groups is 3. The first-order chi connectivity index (χ1) is 14.5. The molecule has 0 aliphatic carbocycles. The Morgan fingerprint density at radius 2 is 2.03 bits per heavy atom. The van der Waals surface area contributed by atoms with E-state index in [9.17, 15) is 14.4 Å². The Bertz CT molecular complexity index is 1080. The van der Waals surface area contributed by atoms with Crippen LogP contribution in [0.4, 0.5) is 5.13 Å². The lowest BCUT2D eigenvalue weighted by Crippen LogP contribution is -2.43. The van der Waals surface area contributed by atoms with Gasteiger partial charge in [0.15, 0.2) is 5.13 Å². The summed E-state index contributed by atoms with van der Waals surface area (Å²) in [4.78, 5) is 45.9. The zero-order chi connectivity index (χ0) is 21.1. The topological polar surface area (TPSA) is 121 Å². The maximum Gasteiger partial charge on any atom is 0.265 e. The van der Waals surface area contributed by atoms with E-state index in [1.165, 1.54) is 11.3 Å². The van der Waals surface area contributed by atoms with Gasteiger partial charge < -0.3 is 15.6 Å². The van der Waals surface area contributed by atoms with Crippen LogP contribution in [0.5, 0.6) is 0 Å². The van der Waals surface area contributed by atoms with Gasteiger partial charge in [0, 0.05) is 30.1 Å². The number of anilines is 1. The number of hydrogen-bond acceptors (Lipinski definition) is 5. The van der Waals surface area contributed by atoms with Gasteiger partial charge in [0.05, 0.1) is 5.69 Å². The van der Waals surface area contributed by atoms with Crippen molar-refractivity contribution in [3.63, 3.8) is 0 Å². The van der Waals surface area contributed by atoms with E-state index in [1.54, 1.807) is 22.5 Å². The zero-order valence-corrected chi connectivity index (χ0v) is 16.9. The second kappa shape index (κ2) is 8.50. The molecular weight excluding hydrogens is 402 g/mol. The zero-order valence-electron chi connectivity index (χ0n) is 16.1. The van der Waals surface area contributed by atoms with Crippen molar-refractivity contribution >= 4 is 34.2 Å². The van der Waals surface area contributed by atoms with Crippen LogP contribution in [-0.4, -0.2) is 39.1 Å². The summed E-state index contributed by atoms with van der Waals surface area (Å²) < 4.78 is 0. The molecule has 1 fully saturated rings. The highest BCUT2D eigenvalue weighted by Gasteiger charge is 2.33. The molecule has 3 heterocycles. The van der Waals surface area contributed by atoms with Gasteiger partial charge in [0.2, 0.25) is 5.91 Å².